The first-order valence-electron chi connectivity index (χ1n) is 8.27. The number of hydrogen-bond donors (Lipinski definition) is 3. The van der Waals surface area contributed by atoms with Crippen LogP contribution in [-0.2, 0) is 0 Å². The lowest BCUT2D eigenvalue weighted by molar-refractivity contribution is 0.102. The van der Waals surface area contributed by atoms with E-state index in [9.17, 15) is 9.59 Å². The van der Waals surface area contributed by atoms with E-state index in [2.05, 4.69) is 20.5 Å². The molecule has 0 atom stereocenters. The molecule has 3 N–H and O–H groups in total. The minimum atomic E-state index is -0.265. The Kier molecular flexibility index (Phi) is 4.18. The quantitative estimate of drug-likeness (QED) is 0.520. The Morgan fingerprint density at radius 1 is 1.07 bits per heavy atom. The van der Waals surface area contributed by atoms with E-state index in [1.54, 1.807) is 31.4 Å². The number of carbonyl (C=O) groups excluding carboxylic acids is 1. The van der Waals surface area contributed by atoms with Gasteiger partial charge in [-0.2, -0.15) is 5.10 Å². The Morgan fingerprint density at radius 2 is 1.96 bits per heavy atom. The third-order valence-corrected chi connectivity index (χ3v) is 4.17. The highest BCUT2D eigenvalue weighted by Gasteiger charge is 2.11. The van der Waals surface area contributed by atoms with Crippen LogP contribution in [0.4, 0.5) is 5.69 Å². The molecule has 2 heterocycles. The molecule has 2 aromatic carbocycles. The van der Waals surface area contributed by atoms with Crippen LogP contribution in [0.1, 0.15) is 10.5 Å². The number of ether oxygens (including phenoxy) is 1. The zero-order valence-corrected chi connectivity index (χ0v) is 14.4. The maximum Gasteiger partial charge on any atom is 0.272 e. The van der Waals surface area contributed by atoms with Crippen LogP contribution in [0.2, 0.25) is 0 Å². The van der Waals surface area contributed by atoms with Crippen molar-refractivity contribution >= 4 is 22.5 Å². The molecule has 7 nitrogen and oxygen atoms in total. The van der Waals surface area contributed by atoms with Gasteiger partial charge in [0.25, 0.3) is 11.5 Å². The number of benzene rings is 2. The first kappa shape index (κ1) is 16.6. The van der Waals surface area contributed by atoms with Gasteiger partial charge >= 0.3 is 0 Å². The molecule has 2 aromatic heterocycles. The van der Waals surface area contributed by atoms with Gasteiger partial charge in [-0.1, -0.05) is 12.1 Å². The second kappa shape index (κ2) is 6.80. The van der Waals surface area contributed by atoms with Crippen LogP contribution < -0.4 is 15.6 Å². The zero-order valence-electron chi connectivity index (χ0n) is 14.4. The molecular weight excluding hydrogens is 344 g/mol. The summed E-state index contributed by atoms with van der Waals surface area (Å²) in [7, 11) is 1.60. The standard InChI is InChI=1S/C20H16N4O3/c1-27-15-6-5-13-10-18(22-17(13)11-15)20(26)21-14-4-2-3-12(9-14)16-7-8-19(25)24-23-16/h2-11,22H,1H3,(H,21,26)(H,24,25). The van der Waals surface area contributed by atoms with Gasteiger partial charge in [-0.15, -0.1) is 0 Å². The maximum absolute atomic E-state index is 12.6. The fourth-order valence-corrected chi connectivity index (χ4v) is 2.82. The Hall–Kier alpha value is -3.87. The van der Waals surface area contributed by atoms with Crippen LogP contribution in [0.3, 0.4) is 0 Å². The van der Waals surface area contributed by atoms with Gasteiger partial charge in [0, 0.05) is 34.3 Å². The van der Waals surface area contributed by atoms with Crippen LogP contribution in [0, 0.1) is 0 Å². The van der Waals surface area contributed by atoms with Gasteiger partial charge in [0.1, 0.15) is 11.4 Å². The number of anilines is 1. The Morgan fingerprint density at radius 3 is 2.74 bits per heavy atom. The van der Waals surface area contributed by atoms with E-state index in [4.69, 9.17) is 4.74 Å². The summed E-state index contributed by atoms with van der Waals surface area (Å²) in [6.45, 7) is 0. The predicted molar refractivity (Wildman–Crippen MR) is 103 cm³/mol. The highest BCUT2D eigenvalue weighted by atomic mass is 16.5. The lowest BCUT2D eigenvalue weighted by Gasteiger charge is -2.06. The number of methoxy groups -OCH3 is 1. The molecule has 0 radical (unpaired) electrons. The third kappa shape index (κ3) is 3.43. The van der Waals surface area contributed by atoms with Crippen LogP contribution >= 0.6 is 0 Å². The molecule has 7 heteroatoms. The summed E-state index contributed by atoms with van der Waals surface area (Å²) in [4.78, 5) is 26.8. The second-order valence-electron chi connectivity index (χ2n) is 5.98. The average Bonchev–Trinajstić information content (AvgIpc) is 3.12. The second-order valence-corrected chi connectivity index (χ2v) is 5.98. The number of aromatic nitrogens is 3. The van der Waals surface area contributed by atoms with Crippen molar-refractivity contribution in [1.82, 2.24) is 15.2 Å². The van der Waals surface area contributed by atoms with Crippen LogP contribution in [-0.4, -0.2) is 28.2 Å². The summed E-state index contributed by atoms with van der Waals surface area (Å²) in [5, 5.41) is 10.2. The van der Waals surface area contributed by atoms with Gasteiger partial charge in [-0.3, -0.25) is 9.59 Å². The molecule has 4 aromatic rings. The molecule has 0 saturated heterocycles. The van der Waals surface area contributed by atoms with Crippen LogP contribution in [0.5, 0.6) is 5.75 Å². The summed E-state index contributed by atoms with van der Waals surface area (Å²) in [5.41, 5.74) is 3.03. The molecule has 0 aliphatic rings. The van der Waals surface area contributed by atoms with Gasteiger partial charge in [-0.25, -0.2) is 5.10 Å². The van der Waals surface area contributed by atoms with E-state index in [0.29, 0.717) is 17.1 Å². The summed E-state index contributed by atoms with van der Waals surface area (Å²) >= 11 is 0. The van der Waals surface area contributed by atoms with Crippen molar-refractivity contribution < 1.29 is 9.53 Å². The summed E-state index contributed by atoms with van der Waals surface area (Å²) in [6.07, 6.45) is 0. The normalized spacial score (nSPS) is 10.7. The lowest BCUT2D eigenvalue weighted by Crippen LogP contribution is -2.12. The Labute approximate surface area is 154 Å². The molecule has 0 aliphatic carbocycles. The molecule has 27 heavy (non-hydrogen) atoms. The molecule has 0 fully saturated rings. The number of amides is 1. The van der Waals surface area contributed by atoms with E-state index >= 15 is 0 Å². The molecular formula is C20H16N4O3. The monoisotopic (exact) mass is 360 g/mol. The van der Waals surface area contributed by atoms with E-state index in [0.717, 1.165) is 22.2 Å². The molecule has 4 rings (SSSR count). The van der Waals surface area contributed by atoms with Crippen molar-refractivity contribution in [3.63, 3.8) is 0 Å². The van der Waals surface area contributed by atoms with E-state index in [1.807, 2.05) is 30.3 Å². The minimum Gasteiger partial charge on any atom is -0.497 e. The third-order valence-electron chi connectivity index (χ3n) is 4.17. The predicted octanol–water partition coefficient (Wildman–Crippen LogP) is 3.18. The van der Waals surface area contributed by atoms with Crippen molar-refractivity contribution in [1.29, 1.82) is 0 Å². The fourth-order valence-electron chi connectivity index (χ4n) is 2.82. The van der Waals surface area contributed by atoms with Gasteiger partial charge in [0.05, 0.1) is 12.8 Å². The number of rotatable bonds is 4. The molecule has 134 valence electrons. The van der Waals surface area contributed by atoms with Crippen LogP contribution in [0.15, 0.2) is 65.5 Å². The highest BCUT2D eigenvalue weighted by Crippen LogP contribution is 2.23. The maximum atomic E-state index is 12.6. The summed E-state index contributed by atoms with van der Waals surface area (Å²) < 4.78 is 5.20. The summed E-state index contributed by atoms with van der Waals surface area (Å²) in [6, 6.07) is 17.7. The van der Waals surface area contributed by atoms with Gasteiger partial charge < -0.3 is 15.0 Å². The molecule has 0 aliphatic heterocycles. The number of H-pyrrole nitrogens is 2. The molecule has 0 saturated carbocycles. The smallest absolute Gasteiger partial charge is 0.272 e. The number of fused-ring (bicyclic) bond motifs is 1. The number of hydrogen-bond acceptors (Lipinski definition) is 4. The van der Waals surface area contributed by atoms with Crippen molar-refractivity contribution in [2.45, 2.75) is 0 Å². The van der Waals surface area contributed by atoms with Gasteiger partial charge in [0.2, 0.25) is 0 Å². The molecule has 0 spiro atoms. The SMILES string of the molecule is COc1ccc2cc(C(=O)Nc3cccc(-c4ccc(=O)[nH]n4)c3)[nH]c2c1. The van der Waals surface area contributed by atoms with Gasteiger partial charge in [-0.05, 0) is 36.4 Å². The first-order chi connectivity index (χ1) is 13.1. The molecule has 0 unspecified atom stereocenters. The highest BCUT2D eigenvalue weighted by molar-refractivity contribution is 6.06. The largest absolute Gasteiger partial charge is 0.497 e. The topological polar surface area (TPSA) is 99.9 Å². The average molecular weight is 360 g/mol. The number of nitrogens with one attached hydrogen (secondary N) is 3. The van der Waals surface area contributed by atoms with E-state index in [-0.39, 0.29) is 11.5 Å². The zero-order chi connectivity index (χ0) is 18.8. The van der Waals surface area contributed by atoms with Gasteiger partial charge in [0.15, 0.2) is 0 Å². The minimum absolute atomic E-state index is 0.253. The first-order valence-corrected chi connectivity index (χ1v) is 8.27. The lowest BCUT2D eigenvalue weighted by atomic mass is 10.1. The van der Waals surface area contributed by atoms with E-state index < -0.39 is 0 Å². The Bertz CT molecular complexity index is 1170. The van der Waals surface area contributed by atoms with Crippen molar-refractivity contribution in [3.05, 3.63) is 76.7 Å². The molecule has 0 bridgehead atoms. The van der Waals surface area contributed by atoms with Crippen molar-refractivity contribution in [3.8, 4) is 17.0 Å². The van der Waals surface area contributed by atoms with Crippen molar-refractivity contribution in [2.24, 2.45) is 0 Å². The summed E-state index contributed by atoms with van der Waals surface area (Å²) in [5.74, 6) is 0.467. The molecule has 1 amide bonds. The Balaban J connectivity index is 1.58. The fraction of sp³-hybridized carbons (Fsp3) is 0.0500. The van der Waals surface area contributed by atoms with Crippen LogP contribution in [0.25, 0.3) is 22.2 Å². The van der Waals surface area contributed by atoms with E-state index in [1.165, 1.54) is 6.07 Å². The number of nitrogens with zero attached hydrogens (tertiary/aromatic N) is 1. The number of carbonyl (C=O) groups is 1. The number of aromatic amines is 2. The van der Waals surface area contributed by atoms with Crippen molar-refractivity contribution in [2.75, 3.05) is 12.4 Å².